The Hall–Kier alpha value is -3.01. The molecule has 0 atom stereocenters. The quantitative estimate of drug-likeness (QED) is 0.336. The Morgan fingerprint density at radius 2 is 1.81 bits per heavy atom. The molecule has 0 spiro atoms. The highest BCUT2D eigenvalue weighted by Crippen LogP contribution is 2.33. The molecule has 6 nitrogen and oxygen atoms in total. The molecule has 0 saturated carbocycles. The molecule has 2 aromatic carbocycles. The summed E-state index contributed by atoms with van der Waals surface area (Å²) in [6, 6.07) is 12.3. The number of hydrazone groups is 1. The van der Waals surface area contributed by atoms with Crippen molar-refractivity contribution in [2.45, 2.75) is 6.54 Å². The van der Waals surface area contributed by atoms with E-state index >= 15 is 0 Å². The Morgan fingerprint density at radius 3 is 2.44 bits per heavy atom. The van der Waals surface area contributed by atoms with Gasteiger partial charge in [-0.25, -0.2) is 5.43 Å². The molecule has 8 heteroatoms. The first-order valence-electron chi connectivity index (χ1n) is 7.71. The van der Waals surface area contributed by atoms with E-state index in [2.05, 4.69) is 21.8 Å². The fourth-order valence-electron chi connectivity index (χ4n) is 1.98. The smallest absolute Gasteiger partial charge is 0.329 e. The van der Waals surface area contributed by atoms with Crippen molar-refractivity contribution in [1.82, 2.24) is 10.7 Å². The summed E-state index contributed by atoms with van der Waals surface area (Å²) in [5, 5.41) is 6.69. The number of hydrogen-bond donors (Lipinski definition) is 2. The maximum absolute atomic E-state index is 11.7. The van der Waals surface area contributed by atoms with E-state index in [-0.39, 0.29) is 28.9 Å². The van der Waals surface area contributed by atoms with E-state index in [1.54, 1.807) is 0 Å². The van der Waals surface area contributed by atoms with Gasteiger partial charge in [-0.3, -0.25) is 9.59 Å². The van der Waals surface area contributed by atoms with E-state index in [1.807, 2.05) is 30.3 Å². The fourth-order valence-corrected chi connectivity index (χ4v) is 2.59. The number of halogens is 2. The highest BCUT2D eigenvalue weighted by molar-refractivity contribution is 6.37. The van der Waals surface area contributed by atoms with Gasteiger partial charge in [0.25, 0.3) is 0 Å². The molecular formula is C19H15Cl2N3O3. The summed E-state index contributed by atoms with van der Waals surface area (Å²) >= 11 is 12.1. The molecule has 138 valence electrons. The molecule has 2 N–H and O–H groups in total. The molecule has 0 aliphatic rings. The second-order valence-electron chi connectivity index (χ2n) is 5.17. The van der Waals surface area contributed by atoms with Crippen molar-refractivity contribution >= 4 is 41.2 Å². The highest BCUT2D eigenvalue weighted by Gasteiger charge is 2.12. The average Bonchev–Trinajstić information content (AvgIpc) is 2.66. The van der Waals surface area contributed by atoms with Crippen molar-refractivity contribution in [3.05, 3.63) is 63.6 Å². The predicted molar refractivity (Wildman–Crippen MR) is 105 cm³/mol. The lowest BCUT2D eigenvalue weighted by atomic mass is 10.2. The lowest BCUT2D eigenvalue weighted by Crippen LogP contribution is -2.37. The summed E-state index contributed by atoms with van der Waals surface area (Å²) in [5.41, 5.74) is 3.51. The lowest BCUT2D eigenvalue weighted by Gasteiger charge is -2.08. The second-order valence-corrected chi connectivity index (χ2v) is 5.99. The normalized spacial score (nSPS) is 10.3. The molecule has 2 rings (SSSR count). The zero-order valence-electron chi connectivity index (χ0n) is 14.0. The largest absolute Gasteiger partial charge is 0.478 e. The van der Waals surface area contributed by atoms with Crippen molar-refractivity contribution in [2.24, 2.45) is 5.10 Å². The van der Waals surface area contributed by atoms with E-state index in [9.17, 15) is 9.59 Å². The van der Waals surface area contributed by atoms with Crippen LogP contribution in [0.2, 0.25) is 10.0 Å². The van der Waals surface area contributed by atoms with Crippen LogP contribution in [0.1, 0.15) is 11.1 Å². The number of rotatable bonds is 6. The molecule has 0 aliphatic carbocycles. The number of nitrogens with one attached hydrogen (secondary N) is 2. The van der Waals surface area contributed by atoms with Crippen LogP contribution in [-0.4, -0.2) is 24.6 Å². The minimum atomic E-state index is -0.895. The molecule has 2 amide bonds. The number of ether oxygens (including phenoxy) is 1. The van der Waals surface area contributed by atoms with Gasteiger partial charge in [0.1, 0.15) is 6.61 Å². The number of terminal acetylenes is 1. The SMILES string of the molecule is C#CCOc1c(Cl)cc(/C=N\NC(=O)C(=O)NCc2ccccc2)cc1Cl. The van der Waals surface area contributed by atoms with Crippen molar-refractivity contribution in [1.29, 1.82) is 0 Å². The number of carbonyl (C=O) groups is 2. The molecule has 0 unspecified atom stereocenters. The van der Waals surface area contributed by atoms with Gasteiger partial charge in [-0.1, -0.05) is 59.5 Å². The maximum atomic E-state index is 11.7. The zero-order chi connectivity index (χ0) is 19.6. The monoisotopic (exact) mass is 403 g/mol. The molecule has 0 heterocycles. The van der Waals surface area contributed by atoms with E-state index < -0.39 is 11.8 Å². The van der Waals surface area contributed by atoms with Gasteiger partial charge in [0.15, 0.2) is 5.75 Å². The highest BCUT2D eigenvalue weighted by atomic mass is 35.5. The van der Waals surface area contributed by atoms with Crippen LogP contribution in [0, 0.1) is 12.3 Å². The number of benzene rings is 2. The standard InChI is InChI=1S/C19H15Cl2N3O3/c1-2-8-27-17-15(20)9-14(10-16(17)21)12-23-24-19(26)18(25)22-11-13-6-4-3-5-7-13/h1,3-7,9-10,12H,8,11H2,(H,22,25)(H,24,26)/b23-12-. The summed E-state index contributed by atoms with van der Waals surface area (Å²) in [4.78, 5) is 23.5. The van der Waals surface area contributed by atoms with Gasteiger partial charge in [-0.2, -0.15) is 5.10 Å². The summed E-state index contributed by atoms with van der Waals surface area (Å²) in [6.07, 6.45) is 6.42. The molecule has 27 heavy (non-hydrogen) atoms. The third kappa shape index (κ3) is 6.33. The Kier molecular flexibility index (Phi) is 7.68. The summed E-state index contributed by atoms with van der Waals surface area (Å²) in [7, 11) is 0. The predicted octanol–water partition coefficient (Wildman–Crippen LogP) is 2.77. The number of amides is 2. The van der Waals surface area contributed by atoms with Crippen LogP contribution in [0.4, 0.5) is 0 Å². The molecule has 0 bridgehead atoms. The van der Waals surface area contributed by atoms with Crippen LogP contribution >= 0.6 is 23.2 Å². The lowest BCUT2D eigenvalue weighted by molar-refractivity contribution is -0.139. The van der Waals surface area contributed by atoms with E-state index in [0.717, 1.165) is 5.56 Å². The Morgan fingerprint density at radius 1 is 1.15 bits per heavy atom. The fraction of sp³-hybridized carbons (Fsp3) is 0.105. The van der Waals surface area contributed by atoms with E-state index in [1.165, 1.54) is 18.3 Å². The third-order valence-corrected chi connectivity index (χ3v) is 3.76. The molecule has 0 fully saturated rings. The Bertz CT molecular complexity index is 870. The summed E-state index contributed by atoms with van der Waals surface area (Å²) in [6.45, 7) is 0.266. The van der Waals surface area contributed by atoms with Crippen molar-refractivity contribution in [2.75, 3.05) is 6.61 Å². The molecule has 0 aliphatic heterocycles. The third-order valence-electron chi connectivity index (χ3n) is 3.20. The molecule has 2 aromatic rings. The van der Waals surface area contributed by atoms with E-state index in [4.69, 9.17) is 34.4 Å². The first kappa shape index (κ1) is 20.3. The van der Waals surface area contributed by atoms with Gasteiger partial charge in [0, 0.05) is 6.54 Å². The van der Waals surface area contributed by atoms with Gasteiger partial charge in [0.05, 0.1) is 16.3 Å². The van der Waals surface area contributed by atoms with Gasteiger partial charge in [0.2, 0.25) is 0 Å². The zero-order valence-corrected chi connectivity index (χ0v) is 15.6. The maximum Gasteiger partial charge on any atom is 0.329 e. The van der Waals surface area contributed by atoms with Gasteiger partial charge in [-0.05, 0) is 23.3 Å². The van der Waals surface area contributed by atoms with Gasteiger partial charge >= 0.3 is 11.8 Å². The van der Waals surface area contributed by atoms with Gasteiger partial charge < -0.3 is 10.1 Å². The van der Waals surface area contributed by atoms with Crippen LogP contribution in [-0.2, 0) is 16.1 Å². The summed E-state index contributed by atoms with van der Waals surface area (Å²) in [5.74, 6) is 0.878. The first-order valence-corrected chi connectivity index (χ1v) is 8.47. The first-order chi connectivity index (χ1) is 13.0. The van der Waals surface area contributed by atoms with Crippen molar-refractivity contribution in [3.63, 3.8) is 0 Å². The van der Waals surface area contributed by atoms with Crippen molar-refractivity contribution in [3.8, 4) is 18.1 Å². The number of carbonyl (C=O) groups excluding carboxylic acids is 2. The van der Waals surface area contributed by atoms with Crippen LogP contribution in [0.15, 0.2) is 47.6 Å². The van der Waals surface area contributed by atoms with Crippen LogP contribution in [0.25, 0.3) is 0 Å². The Balaban J connectivity index is 1.89. The van der Waals surface area contributed by atoms with Crippen LogP contribution < -0.4 is 15.5 Å². The number of nitrogens with zero attached hydrogens (tertiary/aromatic N) is 1. The topological polar surface area (TPSA) is 79.8 Å². The van der Waals surface area contributed by atoms with Crippen LogP contribution in [0.5, 0.6) is 5.75 Å². The van der Waals surface area contributed by atoms with Gasteiger partial charge in [-0.15, -0.1) is 6.42 Å². The molecule has 0 aromatic heterocycles. The molecule has 0 saturated heterocycles. The minimum Gasteiger partial charge on any atom is -0.478 e. The minimum absolute atomic E-state index is 0.0288. The van der Waals surface area contributed by atoms with E-state index in [0.29, 0.717) is 5.56 Å². The second kappa shape index (κ2) is 10.2. The van der Waals surface area contributed by atoms with Crippen LogP contribution in [0.3, 0.4) is 0 Å². The van der Waals surface area contributed by atoms with Crippen molar-refractivity contribution < 1.29 is 14.3 Å². The average molecular weight is 404 g/mol. The molecular weight excluding hydrogens is 389 g/mol. The Labute approximate surface area is 166 Å². The summed E-state index contributed by atoms with van der Waals surface area (Å²) < 4.78 is 5.24. The number of hydrogen-bond acceptors (Lipinski definition) is 4. The molecule has 0 radical (unpaired) electrons.